The number of ether oxygens (including phenoxy) is 1. The number of amides is 2. The van der Waals surface area contributed by atoms with E-state index >= 15 is 0 Å². The summed E-state index contributed by atoms with van der Waals surface area (Å²) in [5.41, 5.74) is 0. The van der Waals surface area contributed by atoms with E-state index in [1.54, 1.807) is 6.92 Å². The standard InChI is InChI=1S/C12H22ClN3O7/c1-2-4-15(12(21)16(14-22)5-3-13)11-10(20)9(19)8(18)7(6-17)23-11/h7-11,17-20H,2-6H2,1H3/t7-,8-,9+,10-,11-/m1/s1. The number of halogens is 1. The molecule has 0 aromatic rings. The van der Waals surface area contributed by atoms with E-state index in [2.05, 4.69) is 5.29 Å². The van der Waals surface area contributed by atoms with Gasteiger partial charge in [0.15, 0.2) is 6.23 Å². The molecule has 1 rings (SSSR count). The topological polar surface area (TPSA) is 143 Å². The van der Waals surface area contributed by atoms with Crippen LogP contribution in [0.15, 0.2) is 5.29 Å². The Morgan fingerprint density at radius 2 is 1.87 bits per heavy atom. The highest BCUT2D eigenvalue weighted by molar-refractivity contribution is 6.18. The number of aliphatic hydroxyl groups is 4. The van der Waals surface area contributed by atoms with E-state index in [-0.39, 0.29) is 19.0 Å². The maximum atomic E-state index is 12.4. The number of alkyl halides is 1. The third kappa shape index (κ3) is 4.49. The predicted octanol–water partition coefficient (Wildman–Crippen LogP) is -1.16. The molecule has 1 fully saturated rings. The van der Waals surface area contributed by atoms with Crippen molar-refractivity contribution in [3.8, 4) is 0 Å². The van der Waals surface area contributed by atoms with Crippen LogP contribution < -0.4 is 0 Å². The number of carbonyl (C=O) groups is 1. The van der Waals surface area contributed by atoms with Crippen LogP contribution in [0.1, 0.15) is 13.3 Å². The fourth-order valence-electron chi connectivity index (χ4n) is 2.31. The molecule has 0 aliphatic carbocycles. The van der Waals surface area contributed by atoms with Gasteiger partial charge in [-0.2, -0.15) is 5.01 Å². The highest BCUT2D eigenvalue weighted by atomic mass is 35.5. The predicted molar refractivity (Wildman–Crippen MR) is 79.4 cm³/mol. The van der Waals surface area contributed by atoms with Crippen LogP contribution in [0.5, 0.6) is 0 Å². The third-order valence-corrected chi connectivity index (χ3v) is 3.67. The van der Waals surface area contributed by atoms with Gasteiger partial charge in [-0.1, -0.05) is 6.92 Å². The lowest BCUT2D eigenvalue weighted by molar-refractivity contribution is -0.258. The Hall–Kier alpha value is -1.04. The van der Waals surface area contributed by atoms with Crippen LogP contribution >= 0.6 is 11.6 Å². The van der Waals surface area contributed by atoms with Crippen molar-refractivity contribution in [1.29, 1.82) is 0 Å². The first-order valence-corrected chi connectivity index (χ1v) is 7.74. The monoisotopic (exact) mass is 355 g/mol. The molecule has 0 aromatic carbocycles. The fraction of sp³-hybridized carbons (Fsp3) is 0.917. The number of nitrogens with zero attached hydrogens (tertiary/aromatic N) is 3. The summed E-state index contributed by atoms with van der Waals surface area (Å²) in [5.74, 6) is -0.0217. The van der Waals surface area contributed by atoms with Gasteiger partial charge in [-0.25, -0.2) is 4.79 Å². The van der Waals surface area contributed by atoms with Crippen LogP contribution in [0.25, 0.3) is 0 Å². The summed E-state index contributed by atoms with van der Waals surface area (Å²) in [5, 5.41) is 42.0. The van der Waals surface area contributed by atoms with Crippen molar-refractivity contribution in [1.82, 2.24) is 9.91 Å². The van der Waals surface area contributed by atoms with Crippen molar-refractivity contribution >= 4 is 17.6 Å². The second kappa shape index (κ2) is 9.30. The maximum absolute atomic E-state index is 12.4. The van der Waals surface area contributed by atoms with Gasteiger partial charge in [0.05, 0.1) is 18.4 Å². The SMILES string of the molecule is CCCN(C(=O)N(CCCl)N=O)[C@@H]1O[C@H](CO)[C@@H](O)[C@H](O)[C@H]1O. The summed E-state index contributed by atoms with van der Waals surface area (Å²) in [4.78, 5) is 24.2. The lowest BCUT2D eigenvalue weighted by Crippen LogP contribution is -2.65. The summed E-state index contributed by atoms with van der Waals surface area (Å²) in [6.45, 7) is 1.09. The van der Waals surface area contributed by atoms with Crippen molar-refractivity contribution in [3.05, 3.63) is 4.91 Å². The van der Waals surface area contributed by atoms with Crippen LogP contribution in [0.2, 0.25) is 0 Å². The molecule has 0 unspecified atom stereocenters. The number of nitroso groups, excluding NO2 is 1. The molecule has 0 radical (unpaired) electrons. The van der Waals surface area contributed by atoms with Crippen LogP contribution in [-0.2, 0) is 4.74 Å². The van der Waals surface area contributed by atoms with Gasteiger partial charge in [0.2, 0.25) is 0 Å². The van der Waals surface area contributed by atoms with E-state index in [4.69, 9.17) is 16.3 Å². The number of aliphatic hydroxyl groups excluding tert-OH is 4. The maximum Gasteiger partial charge on any atom is 0.345 e. The van der Waals surface area contributed by atoms with Crippen LogP contribution in [0.3, 0.4) is 0 Å². The van der Waals surface area contributed by atoms with Crippen molar-refractivity contribution in [2.75, 3.05) is 25.6 Å². The minimum atomic E-state index is -1.62. The quantitative estimate of drug-likeness (QED) is 0.256. The molecule has 5 atom stereocenters. The first-order chi connectivity index (χ1) is 10.9. The first-order valence-electron chi connectivity index (χ1n) is 7.20. The van der Waals surface area contributed by atoms with Gasteiger partial charge >= 0.3 is 6.03 Å². The zero-order valence-electron chi connectivity index (χ0n) is 12.7. The highest BCUT2D eigenvalue weighted by Crippen LogP contribution is 2.24. The third-order valence-electron chi connectivity index (χ3n) is 3.50. The number of carbonyl (C=O) groups excluding carboxylic acids is 1. The zero-order chi connectivity index (χ0) is 17.6. The second-order valence-corrected chi connectivity index (χ2v) is 5.47. The molecular formula is C12H22ClN3O7. The second-order valence-electron chi connectivity index (χ2n) is 5.09. The average Bonchev–Trinajstić information content (AvgIpc) is 2.55. The Kier molecular flexibility index (Phi) is 8.09. The van der Waals surface area contributed by atoms with Crippen molar-refractivity contribution in [2.45, 2.75) is 44.0 Å². The molecule has 134 valence electrons. The highest BCUT2D eigenvalue weighted by Gasteiger charge is 2.47. The van der Waals surface area contributed by atoms with E-state index in [1.165, 1.54) is 0 Å². The molecule has 0 saturated carbocycles. The van der Waals surface area contributed by atoms with E-state index in [9.17, 15) is 30.1 Å². The molecule has 10 nitrogen and oxygen atoms in total. The van der Waals surface area contributed by atoms with Gasteiger partial charge in [-0.05, 0) is 6.42 Å². The van der Waals surface area contributed by atoms with Crippen LogP contribution in [-0.4, -0.2) is 92.6 Å². The van der Waals surface area contributed by atoms with Crippen LogP contribution in [0, 0.1) is 4.91 Å². The zero-order valence-corrected chi connectivity index (χ0v) is 13.4. The Labute approximate surface area is 138 Å². The molecule has 1 aliphatic rings. The van der Waals surface area contributed by atoms with Gasteiger partial charge in [0.1, 0.15) is 24.4 Å². The Morgan fingerprint density at radius 3 is 2.35 bits per heavy atom. The molecule has 23 heavy (non-hydrogen) atoms. The molecule has 11 heteroatoms. The number of hydrogen-bond acceptors (Lipinski definition) is 8. The van der Waals surface area contributed by atoms with E-state index in [0.29, 0.717) is 11.4 Å². The molecule has 0 bridgehead atoms. The fourth-order valence-corrected chi connectivity index (χ4v) is 2.47. The molecule has 0 aromatic heterocycles. The molecule has 2 amide bonds. The van der Waals surface area contributed by atoms with Gasteiger partial charge in [-0.15, -0.1) is 16.5 Å². The van der Waals surface area contributed by atoms with Gasteiger partial charge in [-0.3, -0.25) is 4.90 Å². The van der Waals surface area contributed by atoms with E-state index in [1.807, 2.05) is 0 Å². The summed E-state index contributed by atoms with van der Waals surface area (Å²) >= 11 is 5.51. The summed E-state index contributed by atoms with van der Waals surface area (Å²) in [6, 6.07) is -0.855. The van der Waals surface area contributed by atoms with Crippen LogP contribution in [0.4, 0.5) is 4.79 Å². The molecule has 1 aliphatic heterocycles. The molecule has 0 spiro atoms. The molecule has 1 saturated heterocycles. The van der Waals surface area contributed by atoms with Gasteiger partial charge < -0.3 is 25.2 Å². The average molecular weight is 356 g/mol. The molecular weight excluding hydrogens is 334 g/mol. The van der Waals surface area contributed by atoms with Crippen molar-refractivity contribution in [3.63, 3.8) is 0 Å². The van der Waals surface area contributed by atoms with Crippen molar-refractivity contribution < 1.29 is 30.0 Å². The number of urea groups is 1. The summed E-state index contributed by atoms with van der Waals surface area (Å²) in [7, 11) is 0. The first kappa shape index (κ1) is 20.0. The Morgan fingerprint density at radius 1 is 1.22 bits per heavy atom. The summed E-state index contributed by atoms with van der Waals surface area (Å²) in [6.07, 6.45) is -6.81. The number of rotatable bonds is 7. The normalized spacial score (nSPS) is 30.8. The Bertz CT molecular complexity index is 401. The minimum absolute atomic E-state index is 0.0217. The van der Waals surface area contributed by atoms with Gasteiger partial charge in [0, 0.05) is 12.4 Å². The van der Waals surface area contributed by atoms with E-state index in [0.717, 1.165) is 4.90 Å². The summed E-state index contributed by atoms with van der Waals surface area (Å²) < 4.78 is 5.33. The van der Waals surface area contributed by atoms with E-state index < -0.39 is 43.3 Å². The smallest absolute Gasteiger partial charge is 0.345 e. The van der Waals surface area contributed by atoms with Gasteiger partial charge in [0.25, 0.3) is 0 Å². The molecule has 4 N–H and O–H groups in total. The largest absolute Gasteiger partial charge is 0.394 e. The Balaban J connectivity index is 3.02. The number of hydrogen-bond donors (Lipinski definition) is 4. The lowest BCUT2D eigenvalue weighted by Gasteiger charge is -2.44. The molecule has 1 heterocycles. The van der Waals surface area contributed by atoms with Crippen molar-refractivity contribution in [2.24, 2.45) is 5.29 Å². The lowest BCUT2D eigenvalue weighted by atomic mass is 9.98. The minimum Gasteiger partial charge on any atom is -0.394 e.